The Morgan fingerprint density at radius 1 is 1.40 bits per heavy atom. The molecule has 0 radical (unpaired) electrons. The first-order valence-corrected chi connectivity index (χ1v) is 7.72. The van der Waals surface area contributed by atoms with Crippen LogP contribution in [-0.2, 0) is 4.79 Å². The molecule has 110 valence electrons. The third-order valence-electron chi connectivity index (χ3n) is 3.56. The van der Waals surface area contributed by atoms with Crippen molar-refractivity contribution in [3.05, 3.63) is 33.8 Å². The molecule has 2 rings (SSSR count). The molecule has 1 aliphatic heterocycles. The van der Waals surface area contributed by atoms with E-state index in [4.69, 9.17) is 23.2 Å². The van der Waals surface area contributed by atoms with Gasteiger partial charge in [0, 0.05) is 12.6 Å². The van der Waals surface area contributed by atoms with E-state index < -0.39 is 0 Å². The molecule has 1 atom stereocenters. The number of benzene rings is 1. The van der Waals surface area contributed by atoms with Gasteiger partial charge in [0.05, 0.1) is 22.6 Å². The Kier molecular flexibility index (Phi) is 5.30. The minimum absolute atomic E-state index is 0.117. The molecule has 0 saturated carbocycles. The number of carbonyl (C=O) groups is 1. The number of carbonyl (C=O) groups excluding carboxylic acids is 1. The highest BCUT2D eigenvalue weighted by molar-refractivity contribution is 6.42. The maximum atomic E-state index is 12.3. The number of amides is 1. The van der Waals surface area contributed by atoms with Crippen molar-refractivity contribution in [3.63, 3.8) is 0 Å². The molecule has 1 saturated heterocycles. The molecule has 0 spiro atoms. The lowest BCUT2D eigenvalue weighted by molar-refractivity contribution is -0.131. The van der Waals surface area contributed by atoms with E-state index >= 15 is 0 Å². The van der Waals surface area contributed by atoms with Crippen LogP contribution in [0.3, 0.4) is 0 Å². The normalized spacial score (nSPS) is 18.9. The highest BCUT2D eigenvalue weighted by Crippen LogP contribution is 2.34. The predicted octanol–water partition coefficient (Wildman–Crippen LogP) is 3.65. The Balaban J connectivity index is 2.10. The Morgan fingerprint density at radius 3 is 2.80 bits per heavy atom. The smallest absolute Gasteiger partial charge is 0.237 e. The summed E-state index contributed by atoms with van der Waals surface area (Å²) in [6.45, 7) is 5.26. The van der Waals surface area contributed by atoms with Crippen molar-refractivity contribution in [2.45, 2.75) is 38.8 Å². The van der Waals surface area contributed by atoms with Crippen LogP contribution in [0.25, 0.3) is 0 Å². The highest BCUT2D eigenvalue weighted by Gasteiger charge is 2.29. The minimum atomic E-state index is 0.117. The molecule has 1 aromatic rings. The Bertz CT molecular complexity index is 491. The quantitative estimate of drug-likeness (QED) is 0.920. The molecule has 5 heteroatoms. The van der Waals surface area contributed by atoms with Crippen molar-refractivity contribution >= 4 is 29.1 Å². The largest absolute Gasteiger partial charge is 0.335 e. The van der Waals surface area contributed by atoms with Crippen LogP contribution in [0, 0.1) is 0 Å². The monoisotopic (exact) mass is 314 g/mol. The van der Waals surface area contributed by atoms with E-state index in [2.05, 4.69) is 5.32 Å². The zero-order valence-corrected chi connectivity index (χ0v) is 13.3. The summed E-state index contributed by atoms with van der Waals surface area (Å²) in [6, 6.07) is 6.05. The molecule has 1 aromatic carbocycles. The van der Waals surface area contributed by atoms with E-state index in [-0.39, 0.29) is 11.9 Å². The number of nitrogens with zero attached hydrogens (tertiary/aromatic N) is 1. The van der Waals surface area contributed by atoms with E-state index in [0.29, 0.717) is 22.6 Å². The lowest BCUT2D eigenvalue weighted by Gasteiger charge is -2.26. The zero-order valence-electron chi connectivity index (χ0n) is 11.8. The van der Waals surface area contributed by atoms with Crippen molar-refractivity contribution < 1.29 is 4.79 Å². The molecule has 0 bridgehead atoms. The van der Waals surface area contributed by atoms with Crippen molar-refractivity contribution in [2.24, 2.45) is 0 Å². The van der Waals surface area contributed by atoms with Crippen molar-refractivity contribution in [2.75, 3.05) is 13.1 Å². The van der Waals surface area contributed by atoms with E-state index in [1.165, 1.54) is 0 Å². The van der Waals surface area contributed by atoms with Crippen LogP contribution in [0.2, 0.25) is 10.0 Å². The number of halogens is 2. The molecule has 1 fully saturated rings. The van der Waals surface area contributed by atoms with Crippen LogP contribution in [0.5, 0.6) is 0 Å². The summed E-state index contributed by atoms with van der Waals surface area (Å²) >= 11 is 12.0. The minimum Gasteiger partial charge on any atom is -0.335 e. The average Bonchev–Trinajstić information content (AvgIpc) is 2.88. The van der Waals surface area contributed by atoms with Crippen molar-refractivity contribution in [1.29, 1.82) is 0 Å². The molecular weight excluding hydrogens is 295 g/mol. The fourth-order valence-electron chi connectivity index (χ4n) is 2.52. The van der Waals surface area contributed by atoms with Gasteiger partial charge in [0.25, 0.3) is 0 Å². The van der Waals surface area contributed by atoms with Gasteiger partial charge in [0.1, 0.15) is 0 Å². The summed E-state index contributed by atoms with van der Waals surface area (Å²) in [5.74, 6) is 0.146. The van der Waals surface area contributed by atoms with Gasteiger partial charge in [0.2, 0.25) is 5.91 Å². The summed E-state index contributed by atoms with van der Waals surface area (Å²) in [7, 11) is 0. The number of hydrogen-bond donors (Lipinski definition) is 1. The standard InChI is InChI=1S/C15H20Cl2N2O/c1-10(2)18-9-15(20)19-7-3-4-14(19)11-5-6-12(16)13(17)8-11/h5-6,8,10,14,18H,3-4,7,9H2,1-2H3. The number of rotatable bonds is 4. The molecule has 0 aliphatic carbocycles. The predicted molar refractivity (Wildman–Crippen MR) is 83.3 cm³/mol. The molecule has 3 nitrogen and oxygen atoms in total. The average molecular weight is 315 g/mol. The second kappa shape index (κ2) is 6.79. The topological polar surface area (TPSA) is 32.3 Å². The summed E-state index contributed by atoms with van der Waals surface area (Å²) < 4.78 is 0. The lowest BCUT2D eigenvalue weighted by Crippen LogP contribution is -2.39. The summed E-state index contributed by atoms with van der Waals surface area (Å²) in [6.07, 6.45) is 2.00. The maximum Gasteiger partial charge on any atom is 0.237 e. The molecule has 1 heterocycles. The van der Waals surface area contributed by atoms with Gasteiger partial charge in [0.15, 0.2) is 0 Å². The van der Waals surface area contributed by atoms with Crippen molar-refractivity contribution in [1.82, 2.24) is 10.2 Å². The Hall–Kier alpha value is -0.770. The number of hydrogen-bond acceptors (Lipinski definition) is 2. The van der Waals surface area contributed by atoms with Gasteiger partial charge in [-0.1, -0.05) is 43.1 Å². The molecule has 1 aliphatic rings. The van der Waals surface area contributed by atoms with E-state index in [0.717, 1.165) is 24.9 Å². The van der Waals surface area contributed by atoms with Gasteiger partial charge < -0.3 is 10.2 Å². The fraction of sp³-hybridized carbons (Fsp3) is 0.533. The van der Waals surface area contributed by atoms with Crippen LogP contribution < -0.4 is 5.32 Å². The molecule has 1 unspecified atom stereocenters. The number of likely N-dealkylation sites (tertiary alicyclic amines) is 1. The molecule has 0 aromatic heterocycles. The first-order chi connectivity index (χ1) is 9.49. The van der Waals surface area contributed by atoms with E-state index in [1.807, 2.05) is 30.9 Å². The second-order valence-electron chi connectivity index (χ2n) is 5.45. The van der Waals surface area contributed by atoms with Crippen LogP contribution in [0.1, 0.15) is 38.3 Å². The SMILES string of the molecule is CC(C)NCC(=O)N1CCCC1c1ccc(Cl)c(Cl)c1. The molecule has 20 heavy (non-hydrogen) atoms. The lowest BCUT2D eigenvalue weighted by atomic mass is 10.0. The van der Waals surface area contributed by atoms with Crippen molar-refractivity contribution in [3.8, 4) is 0 Å². The van der Waals surface area contributed by atoms with Gasteiger partial charge in [-0.05, 0) is 30.5 Å². The van der Waals surface area contributed by atoms with Gasteiger partial charge >= 0.3 is 0 Å². The summed E-state index contributed by atoms with van der Waals surface area (Å²) in [4.78, 5) is 14.2. The summed E-state index contributed by atoms with van der Waals surface area (Å²) in [5, 5.41) is 4.27. The van der Waals surface area contributed by atoms with Crippen LogP contribution in [0.15, 0.2) is 18.2 Å². The number of nitrogens with one attached hydrogen (secondary N) is 1. The molecule has 1 amide bonds. The Labute approximate surface area is 130 Å². The first kappa shape index (κ1) is 15.6. The third-order valence-corrected chi connectivity index (χ3v) is 4.30. The molecule has 1 N–H and O–H groups in total. The van der Waals surface area contributed by atoms with Gasteiger partial charge in [-0.2, -0.15) is 0 Å². The Morgan fingerprint density at radius 2 is 2.15 bits per heavy atom. The van der Waals surface area contributed by atoms with Gasteiger partial charge in [-0.25, -0.2) is 0 Å². The second-order valence-corrected chi connectivity index (χ2v) is 6.27. The van der Waals surface area contributed by atoms with Crippen LogP contribution >= 0.6 is 23.2 Å². The van der Waals surface area contributed by atoms with Gasteiger partial charge in [-0.15, -0.1) is 0 Å². The van der Waals surface area contributed by atoms with Gasteiger partial charge in [-0.3, -0.25) is 4.79 Å². The van der Waals surface area contributed by atoms with Crippen LogP contribution in [-0.4, -0.2) is 29.9 Å². The van der Waals surface area contributed by atoms with Crippen LogP contribution in [0.4, 0.5) is 0 Å². The van der Waals surface area contributed by atoms with E-state index in [1.54, 1.807) is 6.07 Å². The fourth-order valence-corrected chi connectivity index (χ4v) is 2.83. The van der Waals surface area contributed by atoms with E-state index in [9.17, 15) is 4.79 Å². The maximum absolute atomic E-state index is 12.3. The summed E-state index contributed by atoms with van der Waals surface area (Å²) in [5.41, 5.74) is 1.06. The third kappa shape index (κ3) is 3.66. The zero-order chi connectivity index (χ0) is 14.7. The molecular formula is C15H20Cl2N2O. The first-order valence-electron chi connectivity index (χ1n) is 6.97. The highest BCUT2D eigenvalue weighted by atomic mass is 35.5.